The lowest BCUT2D eigenvalue weighted by atomic mass is 10.3. The molecule has 1 heterocycles. The number of aromatic nitrogens is 2. The number of nitrogens with one attached hydrogen (secondary N) is 3. The highest BCUT2D eigenvalue weighted by Gasteiger charge is 2.09. The van der Waals surface area contributed by atoms with Gasteiger partial charge in [-0.1, -0.05) is 23.1 Å². The number of benzene rings is 1. The highest BCUT2D eigenvalue weighted by molar-refractivity contribution is 8.01. The molecular formula is C13H14FN5O2S2. The first-order valence-corrected chi connectivity index (χ1v) is 8.33. The number of thioether (sulfide) groups is 1. The predicted molar refractivity (Wildman–Crippen MR) is 88.2 cm³/mol. The van der Waals surface area contributed by atoms with Crippen molar-refractivity contribution in [2.75, 3.05) is 30.0 Å². The van der Waals surface area contributed by atoms with E-state index in [9.17, 15) is 14.0 Å². The molecule has 2 amide bonds. The number of amides is 2. The van der Waals surface area contributed by atoms with Crippen LogP contribution in [0.2, 0.25) is 0 Å². The monoisotopic (exact) mass is 355 g/mol. The quantitative estimate of drug-likeness (QED) is 0.653. The number of hydrogen-bond donors (Lipinski definition) is 3. The average Bonchev–Trinajstić information content (AvgIpc) is 3.01. The smallest absolute Gasteiger partial charge is 0.243 e. The van der Waals surface area contributed by atoms with Crippen LogP contribution in [0.5, 0.6) is 0 Å². The van der Waals surface area contributed by atoms with E-state index in [1.807, 2.05) is 0 Å². The predicted octanol–water partition coefficient (Wildman–Crippen LogP) is 1.57. The molecular weight excluding hydrogens is 341 g/mol. The Morgan fingerprint density at radius 2 is 1.96 bits per heavy atom. The second kappa shape index (κ2) is 8.44. The molecule has 0 saturated heterocycles. The van der Waals surface area contributed by atoms with Crippen molar-refractivity contribution in [1.29, 1.82) is 0 Å². The normalized spacial score (nSPS) is 10.2. The molecule has 0 fully saturated rings. The van der Waals surface area contributed by atoms with Crippen LogP contribution in [-0.4, -0.2) is 41.4 Å². The number of carbonyl (C=O) groups excluding carboxylic acids is 2. The molecule has 2 rings (SSSR count). The summed E-state index contributed by atoms with van der Waals surface area (Å²) in [7, 11) is 1.74. The van der Waals surface area contributed by atoms with E-state index in [4.69, 9.17) is 0 Å². The van der Waals surface area contributed by atoms with Crippen molar-refractivity contribution < 1.29 is 14.0 Å². The largest absolute Gasteiger partial charge is 0.363 e. The van der Waals surface area contributed by atoms with Crippen molar-refractivity contribution in [1.82, 2.24) is 15.5 Å². The van der Waals surface area contributed by atoms with E-state index in [1.54, 1.807) is 7.05 Å². The van der Waals surface area contributed by atoms with Crippen LogP contribution in [0, 0.1) is 5.82 Å². The third-order valence-corrected chi connectivity index (χ3v) is 4.60. The molecule has 2 aromatic rings. The molecule has 0 aliphatic heterocycles. The zero-order valence-corrected chi connectivity index (χ0v) is 13.8. The first kappa shape index (κ1) is 17.2. The molecule has 10 heteroatoms. The fourth-order valence-corrected chi connectivity index (χ4v) is 3.00. The van der Waals surface area contributed by atoms with Crippen LogP contribution in [0.25, 0.3) is 0 Å². The minimum atomic E-state index is -0.386. The van der Waals surface area contributed by atoms with E-state index in [2.05, 4.69) is 26.1 Å². The molecule has 7 nitrogen and oxygen atoms in total. The van der Waals surface area contributed by atoms with Crippen LogP contribution >= 0.6 is 23.1 Å². The van der Waals surface area contributed by atoms with Crippen LogP contribution in [0.3, 0.4) is 0 Å². The van der Waals surface area contributed by atoms with Gasteiger partial charge in [0.1, 0.15) is 5.82 Å². The summed E-state index contributed by atoms with van der Waals surface area (Å²) in [5, 5.41) is 16.3. The van der Waals surface area contributed by atoms with Gasteiger partial charge in [-0.25, -0.2) is 4.39 Å². The van der Waals surface area contributed by atoms with E-state index in [0.717, 1.165) is 0 Å². The third-order valence-electron chi connectivity index (χ3n) is 2.52. The van der Waals surface area contributed by atoms with E-state index < -0.39 is 0 Å². The van der Waals surface area contributed by atoms with Gasteiger partial charge in [0.25, 0.3) is 0 Å². The van der Waals surface area contributed by atoms with E-state index in [0.29, 0.717) is 15.2 Å². The molecule has 1 aromatic carbocycles. The van der Waals surface area contributed by atoms with Gasteiger partial charge in [0, 0.05) is 12.7 Å². The van der Waals surface area contributed by atoms with E-state index >= 15 is 0 Å². The maximum absolute atomic E-state index is 12.7. The van der Waals surface area contributed by atoms with Crippen molar-refractivity contribution >= 4 is 45.7 Å². The van der Waals surface area contributed by atoms with Gasteiger partial charge in [0.15, 0.2) is 4.34 Å². The molecule has 0 spiro atoms. The molecule has 0 bridgehead atoms. The van der Waals surface area contributed by atoms with Crippen molar-refractivity contribution in [3.8, 4) is 0 Å². The third kappa shape index (κ3) is 5.83. The average molecular weight is 355 g/mol. The summed E-state index contributed by atoms with van der Waals surface area (Å²) < 4.78 is 13.4. The Bertz CT molecular complexity index is 677. The van der Waals surface area contributed by atoms with E-state index in [1.165, 1.54) is 47.4 Å². The summed E-state index contributed by atoms with van der Waals surface area (Å²) in [5.74, 6) is -0.914. The number of rotatable bonds is 7. The highest BCUT2D eigenvalue weighted by Crippen LogP contribution is 2.24. The lowest BCUT2D eigenvalue weighted by molar-refractivity contribution is -0.122. The number of carbonyl (C=O) groups is 2. The van der Waals surface area contributed by atoms with Crippen molar-refractivity contribution in [3.05, 3.63) is 30.1 Å². The lowest BCUT2D eigenvalue weighted by Gasteiger charge is -2.06. The molecule has 0 radical (unpaired) electrons. The Kier molecular flexibility index (Phi) is 6.29. The van der Waals surface area contributed by atoms with Gasteiger partial charge in [-0.15, -0.1) is 10.2 Å². The molecule has 3 N–H and O–H groups in total. The van der Waals surface area contributed by atoms with Crippen molar-refractivity contribution in [3.63, 3.8) is 0 Å². The summed E-state index contributed by atoms with van der Waals surface area (Å²) >= 11 is 2.58. The van der Waals surface area contributed by atoms with Crippen LogP contribution in [0.15, 0.2) is 28.6 Å². The van der Waals surface area contributed by atoms with E-state index in [-0.39, 0.29) is 29.9 Å². The minimum absolute atomic E-state index is 0.141. The number of hydrogen-bond acceptors (Lipinski definition) is 7. The van der Waals surface area contributed by atoms with Crippen molar-refractivity contribution in [2.24, 2.45) is 0 Å². The van der Waals surface area contributed by atoms with Crippen LogP contribution in [0.1, 0.15) is 0 Å². The Morgan fingerprint density at radius 1 is 1.22 bits per heavy atom. The first-order chi connectivity index (χ1) is 11.1. The summed E-state index contributed by atoms with van der Waals surface area (Å²) in [6.07, 6.45) is 0. The Balaban J connectivity index is 1.69. The van der Waals surface area contributed by atoms with Gasteiger partial charge in [-0.05, 0) is 24.3 Å². The second-order valence-corrected chi connectivity index (χ2v) is 6.44. The summed E-state index contributed by atoms with van der Waals surface area (Å²) in [5.41, 5.74) is 0.466. The zero-order valence-electron chi connectivity index (χ0n) is 12.1. The van der Waals surface area contributed by atoms with Gasteiger partial charge in [-0.2, -0.15) is 0 Å². The van der Waals surface area contributed by atoms with Gasteiger partial charge in [0.2, 0.25) is 16.9 Å². The van der Waals surface area contributed by atoms with Crippen LogP contribution in [0.4, 0.5) is 15.2 Å². The molecule has 0 atom stereocenters. The molecule has 23 heavy (non-hydrogen) atoms. The molecule has 1 aromatic heterocycles. The zero-order chi connectivity index (χ0) is 16.7. The van der Waals surface area contributed by atoms with Gasteiger partial charge >= 0.3 is 0 Å². The maximum atomic E-state index is 12.7. The summed E-state index contributed by atoms with van der Waals surface area (Å²) in [4.78, 5) is 23.3. The highest BCUT2D eigenvalue weighted by atomic mass is 32.2. The van der Waals surface area contributed by atoms with Gasteiger partial charge in [0.05, 0.1) is 12.3 Å². The maximum Gasteiger partial charge on any atom is 0.243 e. The molecule has 0 aliphatic rings. The van der Waals surface area contributed by atoms with Crippen molar-refractivity contribution in [2.45, 2.75) is 4.34 Å². The fraction of sp³-hybridized carbons (Fsp3) is 0.231. The summed E-state index contributed by atoms with van der Waals surface area (Å²) in [6.45, 7) is -0.158. The standard InChI is InChI=1S/C13H14FN5O2S2/c1-15-12-18-19-13(23-12)22-7-11(21)16-6-10(20)17-9-4-2-8(14)3-5-9/h2-5H,6-7H2,1H3,(H,15,18)(H,16,21)(H,17,20). The first-order valence-electron chi connectivity index (χ1n) is 6.53. The summed E-state index contributed by atoms with van der Waals surface area (Å²) in [6, 6.07) is 5.37. The topological polar surface area (TPSA) is 96.0 Å². The van der Waals surface area contributed by atoms with Crippen LogP contribution in [-0.2, 0) is 9.59 Å². The Hall–Kier alpha value is -2.20. The van der Waals surface area contributed by atoms with Gasteiger partial charge in [-0.3, -0.25) is 9.59 Å². The van der Waals surface area contributed by atoms with Gasteiger partial charge < -0.3 is 16.0 Å². The number of halogens is 1. The second-order valence-electron chi connectivity index (χ2n) is 4.24. The Morgan fingerprint density at radius 3 is 2.61 bits per heavy atom. The number of anilines is 2. The van der Waals surface area contributed by atoms with Crippen LogP contribution < -0.4 is 16.0 Å². The lowest BCUT2D eigenvalue weighted by Crippen LogP contribution is -2.33. The molecule has 122 valence electrons. The Labute approximate surface area is 140 Å². The SMILES string of the molecule is CNc1nnc(SCC(=O)NCC(=O)Nc2ccc(F)cc2)s1. The minimum Gasteiger partial charge on any atom is -0.363 e. The molecule has 0 aliphatic carbocycles. The molecule has 0 saturated carbocycles. The fourth-order valence-electron chi connectivity index (χ4n) is 1.46. The number of nitrogens with zero attached hydrogens (tertiary/aromatic N) is 2. The molecule has 0 unspecified atom stereocenters.